The molecule has 1 aliphatic carbocycles. The summed E-state index contributed by atoms with van der Waals surface area (Å²) in [7, 11) is 1.71. The lowest BCUT2D eigenvalue weighted by molar-refractivity contribution is -0.138. The van der Waals surface area contributed by atoms with E-state index >= 15 is 0 Å². The van der Waals surface area contributed by atoms with Crippen molar-refractivity contribution >= 4 is 17.5 Å². The summed E-state index contributed by atoms with van der Waals surface area (Å²) in [6.45, 7) is 4.15. The molecule has 2 aromatic rings. The average molecular weight is 555 g/mol. The van der Waals surface area contributed by atoms with E-state index in [1.807, 2.05) is 23.1 Å². The van der Waals surface area contributed by atoms with E-state index in [1.54, 1.807) is 7.11 Å². The second-order valence-electron chi connectivity index (χ2n) is 11.8. The summed E-state index contributed by atoms with van der Waals surface area (Å²) < 4.78 is 5.31. The van der Waals surface area contributed by atoms with Crippen LogP contribution in [0.1, 0.15) is 82.3 Å². The van der Waals surface area contributed by atoms with Gasteiger partial charge in [-0.1, -0.05) is 54.9 Å². The zero-order valence-corrected chi connectivity index (χ0v) is 24.6. The third-order valence-electron chi connectivity index (χ3n) is 9.06. The van der Waals surface area contributed by atoms with Gasteiger partial charge in [0.2, 0.25) is 5.91 Å². The predicted octanol–water partition coefficient (Wildman–Crippen LogP) is 6.72. The van der Waals surface area contributed by atoms with Gasteiger partial charge < -0.3 is 20.5 Å². The van der Waals surface area contributed by atoms with Crippen molar-refractivity contribution in [2.75, 3.05) is 26.8 Å². The van der Waals surface area contributed by atoms with Crippen LogP contribution < -0.4 is 5.73 Å². The van der Waals surface area contributed by atoms with Crippen molar-refractivity contribution in [3.8, 4) is 11.1 Å². The number of piperidine rings is 1. The van der Waals surface area contributed by atoms with Crippen molar-refractivity contribution < 1.29 is 14.6 Å². The first-order valence-electron chi connectivity index (χ1n) is 15.0. The highest BCUT2D eigenvalue weighted by molar-refractivity contribution is 6.33. The van der Waals surface area contributed by atoms with Gasteiger partial charge in [-0.05, 0) is 92.9 Å². The van der Waals surface area contributed by atoms with Gasteiger partial charge in [-0.25, -0.2) is 0 Å². The molecule has 1 saturated heterocycles. The van der Waals surface area contributed by atoms with Crippen LogP contribution in [0, 0.1) is 11.8 Å². The van der Waals surface area contributed by atoms with Crippen molar-refractivity contribution in [1.82, 2.24) is 4.90 Å². The van der Waals surface area contributed by atoms with Gasteiger partial charge in [0, 0.05) is 55.8 Å². The van der Waals surface area contributed by atoms with Crippen LogP contribution in [0.2, 0.25) is 5.02 Å². The molecule has 214 valence electrons. The van der Waals surface area contributed by atoms with E-state index in [9.17, 15) is 9.90 Å². The third kappa shape index (κ3) is 7.43. The van der Waals surface area contributed by atoms with E-state index < -0.39 is 5.60 Å². The van der Waals surface area contributed by atoms with Crippen LogP contribution in [0.4, 0.5) is 0 Å². The number of hydrogen-bond acceptors (Lipinski definition) is 4. The minimum absolute atomic E-state index is 0.0657. The quantitative estimate of drug-likeness (QED) is 0.302. The third-order valence-corrected chi connectivity index (χ3v) is 9.38. The van der Waals surface area contributed by atoms with E-state index in [0.29, 0.717) is 36.9 Å². The van der Waals surface area contributed by atoms with Gasteiger partial charge in [-0.15, -0.1) is 0 Å². The lowest BCUT2D eigenvalue weighted by Crippen LogP contribution is -2.48. The first-order valence-corrected chi connectivity index (χ1v) is 15.4. The van der Waals surface area contributed by atoms with Gasteiger partial charge in [0.1, 0.15) is 0 Å². The lowest BCUT2D eigenvalue weighted by atomic mass is 9.72. The molecule has 2 aliphatic rings. The smallest absolute Gasteiger partial charge is 0.222 e. The van der Waals surface area contributed by atoms with Crippen molar-refractivity contribution in [2.45, 2.75) is 89.2 Å². The maximum Gasteiger partial charge on any atom is 0.222 e. The Bertz CT molecular complexity index is 1080. The van der Waals surface area contributed by atoms with E-state index in [-0.39, 0.29) is 17.9 Å². The van der Waals surface area contributed by atoms with Crippen molar-refractivity contribution in [3.05, 3.63) is 58.6 Å². The molecule has 0 bridgehead atoms. The largest absolute Gasteiger partial charge is 0.385 e. The van der Waals surface area contributed by atoms with Crippen LogP contribution in [-0.2, 0) is 21.6 Å². The fourth-order valence-corrected chi connectivity index (χ4v) is 6.97. The number of likely N-dealkylation sites (tertiary alicyclic amines) is 1. The molecule has 6 heteroatoms. The lowest BCUT2D eigenvalue weighted by Gasteiger charge is -2.44. The van der Waals surface area contributed by atoms with Gasteiger partial charge in [0.25, 0.3) is 0 Å². The van der Waals surface area contributed by atoms with Gasteiger partial charge in [0.05, 0.1) is 5.60 Å². The van der Waals surface area contributed by atoms with Crippen molar-refractivity contribution in [2.24, 2.45) is 17.6 Å². The number of unbranched alkanes of at least 4 members (excludes halogenated alkanes) is 1. The van der Waals surface area contributed by atoms with Crippen LogP contribution >= 0.6 is 11.6 Å². The Balaban J connectivity index is 1.63. The maximum atomic E-state index is 13.4. The number of carbonyl (C=O) groups is 1. The van der Waals surface area contributed by atoms with Gasteiger partial charge in [-0.2, -0.15) is 0 Å². The number of carbonyl (C=O) groups excluding carboxylic acids is 1. The fraction of sp³-hybridized carbons (Fsp3) is 0.606. The molecule has 4 rings (SSSR count). The summed E-state index contributed by atoms with van der Waals surface area (Å²) in [5.74, 6) is 0.587. The van der Waals surface area contributed by atoms with E-state index in [1.165, 1.54) is 5.56 Å². The molecule has 1 aliphatic heterocycles. The Morgan fingerprint density at radius 1 is 1.13 bits per heavy atom. The fourth-order valence-electron chi connectivity index (χ4n) is 6.69. The van der Waals surface area contributed by atoms with E-state index in [2.05, 4.69) is 31.2 Å². The van der Waals surface area contributed by atoms with Gasteiger partial charge >= 0.3 is 0 Å². The van der Waals surface area contributed by atoms with E-state index in [0.717, 1.165) is 81.0 Å². The number of benzene rings is 2. The molecule has 39 heavy (non-hydrogen) atoms. The zero-order valence-electron chi connectivity index (χ0n) is 23.8. The normalized spacial score (nSPS) is 23.4. The first kappa shape index (κ1) is 30.0. The number of ether oxygens (including phenoxy) is 1. The first-order chi connectivity index (χ1) is 18.9. The Hall–Kier alpha value is -1.92. The van der Waals surface area contributed by atoms with Crippen LogP contribution in [0.15, 0.2) is 42.5 Å². The summed E-state index contributed by atoms with van der Waals surface area (Å²) in [5.41, 5.74) is 9.04. The monoisotopic (exact) mass is 554 g/mol. The number of nitrogens with two attached hydrogens (primary N) is 1. The number of hydrogen-bond donors (Lipinski definition) is 2. The standard InChI is InChI=1S/C33H47ClN2O3/c1-3-24-9-6-10-26(21-24)32-29(12-7-13-30(32)34)33(38,18-4-5-20-39-2)27-11-8-19-36(23-27)31(37)22-25-14-16-28(35)17-15-25/h6-7,9-10,12-13,21,25,27-28,38H,3-5,8,11,14-20,22-23,35H2,1-2H3/t25-,27-,28+,33+/m1/s1. The van der Waals surface area contributed by atoms with Gasteiger partial charge in [0.15, 0.2) is 0 Å². The molecule has 0 spiro atoms. The number of methoxy groups -OCH3 is 1. The van der Waals surface area contributed by atoms with Crippen molar-refractivity contribution in [1.29, 1.82) is 0 Å². The predicted molar refractivity (Wildman–Crippen MR) is 160 cm³/mol. The summed E-state index contributed by atoms with van der Waals surface area (Å²) in [4.78, 5) is 15.5. The van der Waals surface area contributed by atoms with Gasteiger partial charge in [-0.3, -0.25) is 4.79 Å². The molecule has 2 aromatic carbocycles. The second kappa shape index (κ2) is 14.1. The van der Waals surface area contributed by atoms with Crippen LogP contribution in [-0.4, -0.2) is 48.8 Å². The van der Waals surface area contributed by atoms with Crippen molar-refractivity contribution in [3.63, 3.8) is 0 Å². The molecule has 1 saturated carbocycles. The Morgan fingerprint density at radius 3 is 2.64 bits per heavy atom. The molecule has 1 amide bonds. The number of rotatable bonds is 11. The number of aliphatic hydroxyl groups is 1. The Morgan fingerprint density at radius 2 is 1.90 bits per heavy atom. The molecule has 3 N–H and O–H groups in total. The minimum atomic E-state index is -1.10. The maximum absolute atomic E-state index is 13.4. The summed E-state index contributed by atoms with van der Waals surface area (Å²) in [6.07, 6.45) is 9.71. The molecule has 0 radical (unpaired) electrons. The highest BCUT2D eigenvalue weighted by Crippen LogP contribution is 2.46. The SMILES string of the molecule is CCc1cccc(-c2c(Cl)cccc2[C@](O)(CCCCOC)[C@@H]2CCCN(C(=O)C[C@H]3CC[C@@H](N)CC3)C2)c1. The molecule has 2 atom stereocenters. The summed E-state index contributed by atoms with van der Waals surface area (Å²) >= 11 is 6.88. The van der Waals surface area contributed by atoms with E-state index in [4.69, 9.17) is 22.1 Å². The molecular weight excluding hydrogens is 508 g/mol. The number of halogens is 1. The molecule has 0 aromatic heterocycles. The number of nitrogens with zero attached hydrogens (tertiary/aromatic N) is 1. The summed E-state index contributed by atoms with van der Waals surface area (Å²) in [6, 6.07) is 14.7. The zero-order chi connectivity index (χ0) is 27.8. The minimum Gasteiger partial charge on any atom is -0.385 e. The highest BCUT2D eigenvalue weighted by atomic mass is 35.5. The molecular formula is C33H47ClN2O3. The van der Waals surface area contributed by atoms with Crippen LogP contribution in [0.5, 0.6) is 0 Å². The number of amides is 1. The topological polar surface area (TPSA) is 75.8 Å². The highest BCUT2D eigenvalue weighted by Gasteiger charge is 2.43. The molecule has 5 nitrogen and oxygen atoms in total. The molecule has 2 fully saturated rings. The average Bonchev–Trinajstić information content (AvgIpc) is 2.96. The molecule has 1 heterocycles. The Kier molecular flexibility index (Phi) is 10.9. The van der Waals surface area contributed by atoms with Crippen LogP contribution in [0.3, 0.4) is 0 Å². The second-order valence-corrected chi connectivity index (χ2v) is 12.2. The molecule has 0 unspecified atom stereocenters. The Labute approximate surface area is 240 Å². The number of aryl methyl sites for hydroxylation is 1. The summed E-state index contributed by atoms with van der Waals surface area (Å²) in [5, 5.41) is 13.3. The van der Waals surface area contributed by atoms with Crippen LogP contribution in [0.25, 0.3) is 11.1 Å².